The van der Waals surface area contributed by atoms with E-state index in [0.29, 0.717) is 0 Å². The standard InChI is InChI=1S/C12H18N4.ClH/c1-8-3-9(2)15-12(14-8)16-6-10-4-13-5-11(10)7-16;/h3,10-11,13H,4-7H2,1-2H3;1H. The molecule has 0 saturated carbocycles. The number of nitrogens with zero attached hydrogens (tertiary/aromatic N) is 3. The number of hydrogen-bond acceptors (Lipinski definition) is 4. The molecule has 1 aromatic heterocycles. The maximum Gasteiger partial charge on any atom is 0.225 e. The SMILES string of the molecule is Cc1cc(C)nc(N2CC3CNCC3C2)n1.Cl. The van der Waals surface area contributed by atoms with Crippen molar-refractivity contribution in [3.05, 3.63) is 17.5 Å². The van der Waals surface area contributed by atoms with Gasteiger partial charge in [-0.2, -0.15) is 0 Å². The molecule has 2 unspecified atom stereocenters. The molecule has 2 fully saturated rings. The molecule has 4 nitrogen and oxygen atoms in total. The van der Waals surface area contributed by atoms with Crippen molar-refractivity contribution in [2.45, 2.75) is 13.8 Å². The number of hydrogen-bond donors (Lipinski definition) is 1. The Hall–Kier alpha value is -0.870. The molecule has 1 N–H and O–H groups in total. The normalized spacial score (nSPS) is 26.8. The van der Waals surface area contributed by atoms with E-state index in [2.05, 4.69) is 20.2 Å². The minimum absolute atomic E-state index is 0. The Balaban J connectivity index is 0.00000108. The minimum atomic E-state index is 0. The van der Waals surface area contributed by atoms with Gasteiger partial charge in [0.05, 0.1) is 0 Å². The van der Waals surface area contributed by atoms with Gasteiger partial charge in [0.15, 0.2) is 0 Å². The number of nitrogens with one attached hydrogen (secondary N) is 1. The van der Waals surface area contributed by atoms with Crippen LogP contribution in [0.3, 0.4) is 0 Å². The maximum atomic E-state index is 4.54. The molecule has 0 spiro atoms. The van der Waals surface area contributed by atoms with Crippen molar-refractivity contribution in [2.24, 2.45) is 11.8 Å². The van der Waals surface area contributed by atoms with Crippen molar-refractivity contribution in [2.75, 3.05) is 31.1 Å². The van der Waals surface area contributed by atoms with Gasteiger partial charge < -0.3 is 10.2 Å². The lowest BCUT2D eigenvalue weighted by atomic mass is 10.0. The molecule has 5 heteroatoms. The molecule has 0 aromatic carbocycles. The molecule has 2 saturated heterocycles. The van der Waals surface area contributed by atoms with Crippen molar-refractivity contribution in [3.8, 4) is 0 Å². The van der Waals surface area contributed by atoms with E-state index in [1.165, 1.54) is 0 Å². The maximum absolute atomic E-state index is 4.54. The molecule has 0 radical (unpaired) electrons. The van der Waals surface area contributed by atoms with Crippen molar-refractivity contribution >= 4 is 18.4 Å². The summed E-state index contributed by atoms with van der Waals surface area (Å²) in [6, 6.07) is 2.03. The number of rotatable bonds is 1. The summed E-state index contributed by atoms with van der Waals surface area (Å²) >= 11 is 0. The summed E-state index contributed by atoms with van der Waals surface area (Å²) in [7, 11) is 0. The highest BCUT2D eigenvalue weighted by Gasteiger charge is 2.37. The van der Waals surface area contributed by atoms with Gasteiger partial charge in [0.25, 0.3) is 0 Å². The zero-order valence-corrected chi connectivity index (χ0v) is 11.1. The number of anilines is 1. The van der Waals surface area contributed by atoms with E-state index in [-0.39, 0.29) is 12.4 Å². The van der Waals surface area contributed by atoms with Crippen LogP contribution < -0.4 is 10.2 Å². The smallest absolute Gasteiger partial charge is 0.225 e. The molecule has 3 heterocycles. The Morgan fingerprint density at radius 1 is 1.12 bits per heavy atom. The first-order valence-electron chi connectivity index (χ1n) is 6.00. The molecule has 3 rings (SSSR count). The summed E-state index contributed by atoms with van der Waals surface area (Å²) in [6.45, 7) is 8.62. The van der Waals surface area contributed by atoms with Gasteiger partial charge in [-0.25, -0.2) is 9.97 Å². The first-order valence-corrected chi connectivity index (χ1v) is 6.00. The van der Waals surface area contributed by atoms with Gasteiger partial charge in [0.2, 0.25) is 5.95 Å². The second-order valence-corrected chi connectivity index (χ2v) is 5.03. The van der Waals surface area contributed by atoms with Crippen molar-refractivity contribution in [3.63, 3.8) is 0 Å². The molecule has 94 valence electrons. The summed E-state index contributed by atoms with van der Waals surface area (Å²) in [6.07, 6.45) is 0. The summed E-state index contributed by atoms with van der Waals surface area (Å²) in [5.41, 5.74) is 2.13. The van der Waals surface area contributed by atoms with E-state index in [9.17, 15) is 0 Å². The zero-order valence-electron chi connectivity index (χ0n) is 10.3. The molecule has 2 aliphatic rings. The van der Waals surface area contributed by atoms with E-state index >= 15 is 0 Å². The second-order valence-electron chi connectivity index (χ2n) is 5.03. The number of fused-ring (bicyclic) bond motifs is 1. The second kappa shape index (κ2) is 4.78. The van der Waals surface area contributed by atoms with E-state index in [0.717, 1.165) is 55.4 Å². The zero-order chi connectivity index (χ0) is 11.1. The molecule has 2 aliphatic heterocycles. The monoisotopic (exact) mass is 254 g/mol. The van der Waals surface area contributed by atoms with Crippen LogP contribution in [0.4, 0.5) is 5.95 Å². The highest BCUT2D eigenvalue weighted by Crippen LogP contribution is 2.28. The van der Waals surface area contributed by atoms with Crippen molar-refractivity contribution < 1.29 is 0 Å². The van der Waals surface area contributed by atoms with Crippen LogP contribution in [0.2, 0.25) is 0 Å². The van der Waals surface area contributed by atoms with Crippen molar-refractivity contribution in [1.82, 2.24) is 15.3 Å². The predicted molar refractivity (Wildman–Crippen MR) is 70.8 cm³/mol. The summed E-state index contributed by atoms with van der Waals surface area (Å²) in [4.78, 5) is 11.4. The Bertz CT molecular complexity index is 377. The van der Waals surface area contributed by atoms with Gasteiger partial charge in [0.1, 0.15) is 0 Å². The van der Waals surface area contributed by atoms with Gasteiger partial charge >= 0.3 is 0 Å². The molecular weight excluding hydrogens is 236 g/mol. The van der Waals surface area contributed by atoms with Gasteiger partial charge in [-0.1, -0.05) is 0 Å². The molecule has 1 aromatic rings. The van der Waals surface area contributed by atoms with Gasteiger partial charge in [-0.15, -0.1) is 12.4 Å². The first-order chi connectivity index (χ1) is 7.72. The molecule has 0 aliphatic carbocycles. The Morgan fingerprint density at radius 3 is 2.18 bits per heavy atom. The average Bonchev–Trinajstić information content (AvgIpc) is 2.74. The number of aromatic nitrogens is 2. The van der Waals surface area contributed by atoms with Crippen LogP contribution in [-0.4, -0.2) is 36.1 Å². The average molecular weight is 255 g/mol. The van der Waals surface area contributed by atoms with E-state index < -0.39 is 0 Å². The van der Waals surface area contributed by atoms with E-state index in [1.54, 1.807) is 0 Å². The van der Waals surface area contributed by atoms with Crippen LogP contribution in [0.5, 0.6) is 0 Å². The molecule has 0 amide bonds. The van der Waals surface area contributed by atoms with Crippen LogP contribution in [-0.2, 0) is 0 Å². The summed E-state index contributed by atoms with van der Waals surface area (Å²) in [5.74, 6) is 2.51. The van der Waals surface area contributed by atoms with Crippen LogP contribution in [0.1, 0.15) is 11.4 Å². The number of halogens is 1. The molecule has 0 bridgehead atoms. The first kappa shape index (κ1) is 12.6. The van der Waals surface area contributed by atoms with E-state index in [4.69, 9.17) is 0 Å². The number of aryl methyl sites for hydroxylation is 2. The fourth-order valence-corrected chi connectivity index (χ4v) is 2.87. The lowest BCUT2D eigenvalue weighted by molar-refractivity contribution is 0.533. The van der Waals surface area contributed by atoms with Gasteiger partial charge in [0, 0.05) is 37.6 Å². The van der Waals surface area contributed by atoms with Crippen molar-refractivity contribution in [1.29, 1.82) is 0 Å². The molecule has 17 heavy (non-hydrogen) atoms. The van der Waals surface area contributed by atoms with Crippen LogP contribution in [0.15, 0.2) is 6.07 Å². The lowest BCUT2D eigenvalue weighted by Crippen LogP contribution is -2.27. The fraction of sp³-hybridized carbons (Fsp3) is 0.667. The third-order valence-electron chi connectivity index (χ3n) is 3.64. The summed E-state index contributed by atoms with van der Waals surface area (Å²) < 4.78 is 0. The van der Waals surface area contributed by atoms with Crippen LogP contribution in [0.25, 0.3) is 0 Å². The quantitative estimate of drug-likeness (QED) is 0.817. The third-order valence-corrected chi connectivity index (χ3v) is 3.64. The third kappa shape index (κ3) is 2.38. The summed E-state index contributed by atoms with van der Waals surface area (Å²) in [5, 5.41) is 3.45. The highest BCUT2D eigenvalue weighted by molar-refractivity contribution is 5.85. The molecular formula is C12H19ClN4. The Morgan fingerprint density at radius 2 is 1.65 bits per heavy atom. The Kier molecular flexibility index (Phi) is 3.54. The predicted octanol–water partition coefficient (Wildman–Crippen LogP) is 1.17. The van der Waals surface area contributed by atoms with Gasteiger partial charge in [-0.05, 0) is 31.7 Å². The Labute approximate surface area is 108 Å². The van der Waals surface area contributed by atoms with E-state index in [1.807, 2.05) is 19.9 Å². The van der Waals surface area contributed by atoms with Crippen LogP contribution >= 0.6 is 12.4 Å². The topological polar surface area (TPSA) is 41.1 Å². The lowest BCUT2D eigenvalue weighted by Gasteiger charge is -2.18. The minimum Gasteiger partial charge on any atom is -0.340 e. The molecule has 2 atom stereocenters. The fourth-order valence-electron chi connectivity index (χ4n) is 2.87. The van der Waals surface area contributed by atoms with Crippen LogP contribution in [0, 0.1) is 25.7 Å². The highest BCUT2D eigenvalue weighted by atomic mass is 35.5. The van der Waals surface area contributed by atoms with Gasteiger partial charge in [-0.3, -0.25) is 0 Å². The largest absolute Gasteiger partial charge is 0.340 e.